The Kier molecular flexibility index (Phi) is 10.9. The lowest BCUT2D eigenvalue weighted by Crippen LogP contribution is -2.60. The van der Waals surface area contributed by atoms with Crippen molar-refractivity contribution >= 4 is 36.3 Å². The molecule has 0 heterocycles. The maximum atomic E-state index is 12.4. The van der Waals surface area contributed by atoms with E-state index in [0.717, 1.165) is 0 Å². The van der Waals surface area contributed by atoms with Gasteiger partial charge in [-0.25, -0.2) is 4.79 Å². The summed E-state index contributed by atoms with van der Waals surface area (Å²) in [5.74, 6) is -4.26. The van der Waals surface area contributed by atoms with Crippen LogP contribution in [-0.2, 0) is 19.2 Å². The maximum Gasteiger partial charge on any atom is 0.328 e. The van der Waals surface area contributed by atoms with Crippen molar-refractivity contribution in [3.8, 4) is 0 Å². The van der Waals surface area contributed by atoms with Gasteiger partial charge >= 0.3 is 5.97 Å². The zero-order valence-corrected chi connectivity index (χ0v) is 16.3. The van der Waals surface area contributed by atoms with Crippen LogP contribution in [-0.4, -0.2) is 81.6 Å². The minimum absolute atomic E-state index is 0.104. The molecule has 11 nitrogen and oxygen atoms in total. The summed E-state index contributed by atoms with van der Waals surface area (Å²) in [7, 11) is 0. The molecule has 0 aromatic rings. The van der Waals surface area contributed by atoms with Gasteiger partial charge in [0.1, 0.15) is 18.1 Å². The molecule has 0 fully saturated rings. The van der Waals surface area contributed by atoms with Crippen LogP contribution in [0.5, 0.6) is 0 Å². The quantitative estimate of drug-likeness (QED) is 0.164. The van der Waals surface area contributed by atoms with Gasteiger partial charge in [0.15, 0.2) is 6.04 Å². The van der Waals surface area contributed by atoms with Gasteiger partial charge in [0, 0.05) is 5.75 Å². The van der Waals surface area contributed by atoms with E-state index in [-0.39, 0.29) is 5.75 Å². The van der Waals surface area contributed by atoms with E-state index >= 15 is 0 Å². The van der Waals surface area contributed by atoms with Gasteiger partial charge in [0.25, 0.3) is 0 Å². The normalized spacial score (nSPS) is 16.6. The number of thiol groups is 1. The summed E-state index contributed by atoms with van der Waals surface area (Å²) >= 11 is 3.97. The van der Waals surface area contributed by atoms with E-state index in [4.69, 9.17) is 15.9 Å². The van der Waals surface area contributed by atoms with E-state index in [9.17, 15) is 24.3 Å². The average Bonchev–Trinajstić information content (AvgIpc) is 2.59. The molecule has 0 aliphatic rings. The molecule has 8 N–H and O–H groups in total. The van der Waals surface area contributed by atoms with Crippen LogP contribution in [0.3, 0.4) is 0 Å². The van der Waals surface area contributed by atoms with E-state index in [0.29, 0.717) is 0 Å². The summed E-state index contributed by atoms with van der Waals surface area (Å²) in [6, 6.07) is -5.01. The Labute approximate surface area is 162 Å². The number of aliphatic carboxylic acids is 1. The Balaban J connectivity index is 5.16. The minimum atomic E-state index is -1.54. The molecular weight excluding hydrogens is 380 g/mol. The highest BCUT2D eigenvalue weighted by Gasteiger charge is 2.32. The zero-order valence-electron chi connectivity index (χ0n) is 15.4. The predicted octanol–water partition coefficient (Wildman–Crippen LogP) is -3.19. The molecule has 0 radical (unpaired) electrons. The van der Waals surface area contributed by atoms with Crippen LogP contribution in [0, 0.1) is 5.92 Å². The van der Waals surface area contributed by atoms with Gasteiger partial charge < -0.3 is 37.0 Å². The standard InChI is InChI=1S/C15H28N4O7S/c1-6(2)10(14(24)19-11(7(3)21)15(25)26)18-13(23)9(5-27)17-12(22)8(16)4-20/h6-11,20-21,27H,4-5,16H2,1-3H3,(H,17,22)(H,18,23)(H,19,24)(H,25,26). The predicted molar refractivity (Wildman–Crippen MR) is 98.9 cm³/mol. The number of carbonyl (C=O) groups excluding carboxylic acids is 3. The first-order valence-electron chi connectivity index (χ1n) is 8.25. The molecule has 5 atom stereocenters. The highest BCUT2D eigenvalue weighted by Crippen LogP contribution is 2.05. The SMILES string of the molecule is CC(C)C(NC(=O)C(CS)NC(=O)C(N)CO)C(=O)NC(C(=O)O)C(C)O. The maximum absolute atomic E-state index is 12.4. The number of hydrogen-bond donors (Lipinski definition) is 8. The largest absolute Gasteiger partial charge is 0.480 e. The van der Waals surface area contributed by atoms with Gasteiger partial charge in [0.2, 0.25) is 17.7 Å². The fourth-order valence-electron chi connectivity index (χ4n) is 1.98. The number of nitrogens with two attached hydrogens (primary N) is 1. The molecule has 0 aliphatic heterocycles. The highest BCUT2D eigenvalue weighted by molar-refractivity contribution is 7.80. The average molecular weight is 408 g/mol. The Morgan fingerprint density at radius 1 is 0.963 bits per heavy atom. The molecule has 0 aromatic carbocycles. The molecule has 5 unspecified atom stereocenters. The monoisotopic (exact) mass is 408 g/mol. The topological polar surface area (TPSA) is 191 Å². The highest BCUT2D eigenvalue weighted by atomic mass is 32.1. The molecule has 0 saturated carbocycles. The molecule has 3 amide bonds. The Bertz CT molecular complexity index is 544. The molecule has 0 saturated heterocycles. The lowest BCUT2D eigenvalue weighted by atomic mass is 10.0. The summed E-state index contributed by atoms with van der Waals surface area (Å²) in [6.45, 7) is 3.84. The van der Waals surface area contributed by atoms with Crippen LogP contribution in [0.25, 0.3) is 0 Å². The molecule has 27 heavy (non-hydrogen) atoms. The first-order valence-corrected chi connectivity index (χ1v) is 8.88. The first-order chi connectivity index (χ1) is 12.5. The zero-order chi connectivity index (χ0) is 21.3. The van der Waals surface area contributed by atoms with Crippen LogP contribution < -0.4 is 21.7 Å². The van der Waals surface area contributed by atoms with Crippen LogP contribution in [0.2, 0.25) is 0 Å². The van der Waals surface area contributed by atoms with Crippen molar-refractivity contribution in [3.63, 3.8) is 0 Å². The van der Waals surface area contributed by atoms with Crippen molar-refractivity contribution in [2.45, 2.75) is 51.0 Å². The number of rotatable bonds is 11. The molecule has 12 heteroatoms. The third-order valence-electron chi connectivity index (χ3n) is 3.64. The number of carboxylic acid groups (broad SMARTS) is 1. The van der Waals surface area contributed by atoms with E-state index in [1.807, 2.05) is 0 Å². The van der Waals surface area contributed by atoms with Gasteiger partial charge in [-0.05, 0) is 12.8 Å². The Hall–Kier alpha value is -1.89. The number of carbonyl (C=O) groups is 4. The third kappa shape index (κ3) is 8.12. The second-order valence-electron chi connectivity index (χ2n) is 6.33. The van der Waals surface area contributed by atoms with E-state index in [1.54, 1.807) is 13.8 Å². The fraction of sp³-hybridized carbons (Fsp3) is 0.733. The fourth-order valence-corrected chi connectivity index (χ4v) is 2.23. The van der Waals surface area contributed by atoms with Crippen molar-refractivity contribution in [1.82, 2.24) is 16.0 Å². The molecule has 0 aliphatic carbocycles. The van der Waals surface area contributed by atoms with Crippen molar-refractivity contribution in [1.29, 1.82) is 0 Å². The number of amides is 3. The lowest BCUT2D eigenvalue weighted by molar-refractivity contribution is -0.145. The van der Waals surface area contributed by atoms with Gasteiger partial charge in [-0.2, -0.15) is 12.6 Å². The summed E-state index contributed by atoms with van der Waals surface area (Å²) < 4.78 is 0. The number of nitrogens with one attached hydrogen (secondary N) is 3. The smallest absolute Gasteiger partial charge is 0.328 e. The van der Waals surface area contributed by atoms with Crippen molar-refractivity contribution < 1.29 is 34.5 Å². The first kappa shape index (κ1) is 25.1. The summed E-state index contributed by atoms with van der Waals surface area (Å²) in [5, 5.41) is 34.3. The molecule has 0 spiro atoms. The van der Waals surface area contributed by atoms with Crippen LogP contribution in [0.4, 0.5) is 0 Å². The van der Waals surface area contributed by atoms with Gasteiger partial charge in [0.05, 0.1) is 12.7 Å². The molecule has 0 aromatic heterocycles. The van der Waals surface area contributed by atoms with Crippen molar-refractivity contribution in [2.24, 2.45) is 11.7 Å². The molecule has 0 bridgehead atoms. The summed E-state index contributed by atoms with van der Waals surface area (Å²) in [4.78, 5) is 47.6. The summed E-state index contributed by atoms with van der Waals surface area (Å²) in [5.41, 5.74) is 5.37. The molecular formula is C15H28N4O7S. The van der Waals surface area contributed by atoms with Gasteiger partial charge in [-0.3, -0.25) is 14.4 Å². The van der Waals surface area contributed by atoms with Crippen LogP contribution in [0.15, 0.2) is 0 Å². The second kappa shape index (κ2) is 11.7. The van der Waals surface area contributed by atoms with E-state index in [2.05, 4.69) is 28.6 Å². The van der Waals surface area contributed by atoms with Crippen molar-refractivity contribution in [3.05, 3.63) is 0 Å². The van der Waals surface area contributed by atoms with E-state index < -0.39 is 66.5 Å². The van der Waals surface area contributed by atoms with Crippen LogP contribution in [0.1, 0.15) is 20.8 Å². The van der Waals surface area contributed by atoms with E-state index in [1.165, 1.54) is 6.92 Å². The van der Waals surface area contributed by atoms with Crippen LogP contribution >= 0.6 is 12.6 Å². The Morgan fingerprint density at radius 3 is 1.85 bits per heavy atom. The number of hydrogen-bond acceptors (Lipinski definition) is 8. The van der Waals surface area contributed by atoms with Crippen molar-refractivity contribution in [2.75, 3.05) is 12.4 Å². The summed E-state index contributed by atoms with van der Waals surface area (Å²) in [6.07, 6.45) is -1.35. The second-order valence-corrected chi connectivity index (χ2v) is 6.69. The number of carboxylic acids is 1. The minimum Gasteiger partial charge on any atom is -0.480 e. The lowest BCUT2D eigenvalue weighted by Gasteiger charge is -2.27. The number of aliphatic hydroxyl groups excluding tert-OH is 2. The molecule has 0 rings (SSSR count). The van der Waals surface area contributed by atoms with Gasteiger partial charge in [-0.1, -0.05) is 13.8 Å². The van der Waals surface area contributed by atoms with Gasteiger partial charge in [-0.15, -0.1) is 0 Å². The molecule has 156 valence electrons. The number of aliphatic hydroxyl groups is 2. The third-order valence-corrected chi connectivity index (χ3v) is 4.01. The Morgan fingerprint density at radius 2 is 1.48 bits per heavy atom.